The first-order valence-electron chi connectivity index (χ1n) is 9.07. The summed E-state index contributed by atoms with van der Waals surface area (Å²) in [6.45, 7) is 1.36. The lowest BCUT2D eigenvalue weighted by Crippen LogP contribution is -2.54. The fourth-order valence-corrected chi connectivity index (χ4v) is 3.20. The minimum atomic E-state index is -1.16. The molecule has 32 heavy (non-hydrogen) atoms. The first kappa shape index (κ1) is 23.1. The number of nitrogens with one attached hydrogen (secondary N) is 1. The van der Waals surface area contributed by atoms with Crippen LogP contribution in [0.3, 0.4) is 0 Å². The zero-order valence-corrected chi connectivity index (χ0v) is 18.2. The largest absolute Gasteiger partial charge is 0.493 e. The number of halogens is 2. The SMILES string of the molecule is COc1cc(/C=C2\C(=O)NC(=O)N(c3cccc(Cl)c3Cl)C2=O)ccc1O[C@H](C)C(=O)O. The number of hydrogen-bond acceptors (Lipinski definition) is 6. The van der Waals surface area contributed by atoms with Gasteiger partial charge in [-0.05, 0) is 42.8 Å². The molecular weight excluding hydrogens is 463 g/mol. The highest BCUT2D eigenvalue weighted by Gasteiger charge is 2.38. The fourth-order valence-electron chi connectivity index (χ4n) is 2.82. The lowest BCUT2D eigenvalue weighted by Gasteiger charge is -2.27. The number of urea groups is 1. The lowest BCUT2D eigenvalue weighted by molar-refractivity contribution is -0.144. The Hall–Kier alpha value is -3.56. The highest BCUT2D eigenvalue weighted by atomic mass is 35.5. The molecule has 1 aliphatic rings. The Balaban J connectivity index is 1.99. The molecule has 1 fully saturated rings. The highest BCUT2D eigenvalue weighted by Crippen LogP contribution is 2.35. The molecule has 2 aromatic rings. The van der Waals surface area contributed by atoms with Crippen LogP contribution in [0.15, 0.2) is 42.0 Å². The van der Waals surface area contributed by atoms with Crippen LogP contribution in [0.25, 0.3) is 6.08 Å². The van der Waals surface area contributed by atoms with E-state index in [2.05, 4.69) is 5.32 Å². The lowest BCUT2D eigenvalue weighted by atomic mass is 10.1. The number of hydrogen-bond donors (Lipinski definition) is 2. The molecule has 2 N–H and O–H groups in total. The molecule has 0 aromatic heterocycles. The number of carbonyl (C=O) groups is 4. The van der Waals surface area contributed by atoms with Gasteiger partial charge in [0.1, 0.15) is 5.57 Å². The summed E-state index contributed by atoms with van der Waals surface area (Å²) < 4.78 is 10.5. The number of aliphatic carboxylic acids is 1. The van der Waals surface area contributed by atoms with Gasteiger partial charge in [-0.25, -0.2) is 14.5 Å². The van der Waals surface area contributed by atoms with Gasteiger partial charge < -0.3 is 14.6 Å². The molecule has 1 saturated heterocycles. The zero-order chi connectivity index (χ0) is 23.6. The van der Waals surface area contributed by atoms with Gasteiger partial charge in [0, 0.05) is 0 Å². The van der Waals surface area contributed by atoms with Crippen LogP contribution in [0, 0.1) is 0 Å². The Labute approximate surface area is 192 Å². The van der Waals surface area contributed by atoms with E-state index in [9.17, 15) is 19.2 Å². The molecular formula is C21H16Cl2N2O7. The van der Waals surface area contributed by atoms with E-state index in [0.29, 0.717) is 10.5 Å². The third-order valence-corrected chi connectivity index (χ3v) is 5.23. The van der Waals surface area contributed by atoms with Crippen molar-refractivity contribution in [1.29, 1.82) is 0 Å². The number of carboxylic acid groups (broad SMARTS) is 1. The van der Waals surface area contributed by atoms with Crippen molar-refractivity contribution >= 4 is 58.8 Å². The van der Waals surface area contributed by atoms with Gasteiger partial charge in [-0.2, -0.15) is 0 Å². The Bertz CT molecular complexity index is 1160. The zero-order valence-electron chi connectivity index (χ0n) is 16.7. The van der Waals surface area contributed by atoms with E-state index in [1.54, 1.807) is 0 Å². The number of amides is 4. The summed E-state index contributed by atoms with van der Waals surface area (Å²) in [5.41, 5.74) is 0.0430. The van der Waals surface area contributed by atoms with Crippen molar-refractivity contribution in [1.82, 2.24) is 5.32 Å². The van der Waals surface area contributed by atoms with E-state index in [1.807, 2.05) is 0 Å². The van der Waals surface area contributed by atoms with E-state index in [1.165, 1.54) is 56.5 Å². The summed E-state index contributed by atoms with van der Waals surface area (Å²) in [5.74, 6) is -2.62. The summed E-state index contributed by atoms with van der Waals surface area (Å²) in [5, 5.41) is 11.2. The minimum absolute atomic E-state index is 0.0176. The first-order chi connectivity index (χ1) is 15.1. The van der Waals surface area contributed by atoms with Crippen LogP contribution in [0.1, 0.15) is 12.5 Å². The quantitative estimate of drug-likeness (QED) is 0.480. The smallest absolute Gasteiger partial charge is 0.344 e. The molecule has 4 amide bonds. The second-order valence-electron chi connectivity index (χ2n) is 6.54. The van der Waals surface area contributed by atoms with Crippen molar-refractivity contribution in [3.05, 3.63) is 57.6 Å². The van der Waals surface area contributed by atoms with Crippen LogP contribution < -0.4 is 19.7 Å². The topological polar surface area (TPSA) is 122 Å². The second-order valence-corrected chi connectivity index (χ2v) is 7.32. The van der Waals surface area contributed by atoms with Crippen molar-refractivity contribution in [3.63, 3.8) is 0 Å². The maximum absolute atomic E-state index is 13.0. The Morgan fingerprint density at radius 3 is 2.53 bits per heavy atom. The molecule has 0 bridgehead atoms. The van der Waals surface area contributed by atoms with Crippen molar-refractivity contribution in [3.8, 4) is 11.5 Å². The molecule has 0 saturated carbocycles. The van der Waals surface area contributed by atoms with Crippen molar-refractivity contribution < 1.29 is 33.8 Å². The number of methoxy groups -OCH3 is 1. The third-order valence-electron chi connectivity index (χ3n) is 4.42. The molecule has 2 aromatic carbocycles. The molecule has 0 unspecified atom stereocenters. The van der Waals surface area contributed by atoms with Crippen LogP contribution in [-0.2, 0) is 14.4 Å². The van der Waals surface area contributed by atoms with Gasteiger partial charge in [-0.1, -0.05) is 35.3 Å². The normalized spacial score (nSPS) is 16.1. The Kier molecular flexibility index (Phi) is 6.71. The number of benzene rings is 2. The highest BCUT2D eigenvalue weighted by molar-refractivity contribution is 6.46. The number of carboxylic acids is 1. The van der Waals surface area contributed by atoms with Gasteiger partial charge in [0.05, 0.1) is 22.8 Å². The monoisotopic (exact) mass is 478 g/mol. The predicted octanol–water partition coefficient (Wildman–Crippen LogP) is 3.52. The summed E-state index contributed by atoms with van der Waals surface area (Å²) in [6, 6.07) is 7.82. The summed E-state index contributed by atoms with van der Waals surface area (Å²) in [7, 11) is 1.35. The molecule has 11 heteroatoms. The van der Waals surface area contributed by atoms with Crippen molar-refractivity contribution in [2.24, 2.45) is 0 Å². The Morgan fingerprint density at radius 1 is 1.16 bits per heavy atom. The van der Waals surface area contributed by atoms with E-state index >= 15 is 0 Å². The van der Waals surface area contributed by atoms with Crippen molar-refractivity contribution in [2.75, 3.05) is 12.0 Å². The number of ether oxygens (including phenoxy) is 2. The average molecular weight is 479 g/mol. The fraction of sp³-hybridized carbons (Fsp3) is 0.143. The number of nitrogens with zero attached hydrogens (tertiary/aromatic N) is 1. The molecule has 3 rings (SSSR count). The number of imide groups is 2. The molecule has 1 aliphatic heterocycles. The number of rotatable bonds is 6. The molecule has 1 atom stereocenters. The predicted molar refractivity (Wildman–Crippen MR) is 116 cm³/mol. The molecule has 166 valence electrons. The maximum Gasteiger partial charge on any atom is 0.344 e. The van der Waals surface area contributed by atoms with E-state index in [-0.39, 0.29) is 32.8 Å². The van der Waals surface area contributed by atoms with Crippen LogP contribution in [0.4, 0.5) is 10.5 Å². The molecule has 9 nitrogen and oxygen atoms in total. The van der Waals surface area contributed by atoms with E-state index < -0.39 is 29.9 Å². The van der Waals surface area contributed by atoms with Crippen molar-refractivity contribution in [2.45, 2.75) is 13.0 Å². The van der Waals surface area contributed by atoms with Gasteiger partial charge >= 0.3 is 12.0 Å². The van der Waals surface area contributed by atoms with Gasteiger partial charge in [-0.3, -0.25) is 14.9 Å². The molecule has 1 heterocycles. The second kappa shape index (κ2) is 9.29. The molecule has 0 aliphatic carbocycles. The maximum atomic E-state index is 13.0. The summed E-state index contributed by atoms with van der Waals surface area (Å²) in [4.78, 5) is 49.4. The minimum Gasteiger partial charge on any atom is -0.493 e. The standard InChI is InChI=1S/C21H16Cl2N2O7/c1-10(20(28)29)32-15-7-6-11(9-16(15)31-2)8-12-18(26)24-21(30)25(19(12)27)14-5-3-4-13(22)17(14)23/h3-10H,1-2H3,(H,28,29)(H,24,26,30)/b12-8+/t10-/m1/s1. The summed E-state index contributed by atoms with van der Waals surface area (Å²) in [6.07, 6.45) is 0.128. The van der Waals surface area contributed by atoms with Gasteiger partial charge in [-0.15, -0.1) is 0 Å². The molecule has 0 radical (unpaired) electrons. The number of carbonyl (C=O) groups excluding carboxylic acids is 3. The van der Waals surface area contributed by atoms with Crippen LogP contribution in [0.5, 0.6) is 11.5 Å². The van der Waals surface area contributed by atoms with Crippen LogP contribution in [0.2, 0.25) is 10.0 Å². The van der Waals surface area contributed by atoms with Gasteiger partial charge in [0.2, 0.25) is 0 Å². The average Bonchev–Trinajstić information content (AvgIpc) is 2.74. The van der Waals surface area contributed by atoms with Gasteiger partial charge in [0.15, 0.2) is 17.6 Å². The van der Waals surface area contributed by atoms with E-state index in [0.717, 1.165) is 0 Å². The van der Waals surface area contributed by atoms with Crippen LogP contribution in [-0.4, -0.2) is 42.1 Å². The number of anilines is 1. The van der Waals surface area contributed by atoms with Crippen LogP contribution >= 0.6 is 23.2 Å². The Morgan fingerprint density at radius 2 is 1.88 bits per heavy atom. The first-order valence-corrected chi connectivity index (χ1v) is 9.82. The van der Waals surface area contributed by atoms with E-state index in [4.69, 9.17) is 37.8 Å². The molecule has 0 spiro atoms. The summed E-state index contributed by atoms with van der Waals surface area (Å²) >= 11 is 12.1. The van der Waals surface area contributed by atoms with Gasteiger partial charge in [0.25, 0.3) is 11.8 Å². The third kappa shape index (κ3) is 4.53. The number of barbiturate groups is 1.